The fraction of sp³-hybridized carbons (Fsp3) is 0.333. The highest BCUT2D eigenvalue weighted by atomic mass is 16.5. The third-order valence-corrected chi connectivity index (χ3v) is 2.30. The van der Waals surface area contributed by atoms with Gasteiger partial charge in [0.1, 0.15) is 0 Å². The van der Waals surface area contributed by atoms with Crippen molar-refractivity contribution in [3.05, 3.63) is 42.0 Å². The SMILES string of the molecule is CCOC(=O)c1cn(Cc2cnc(C)cn2)cn1. The molecule has 0 spiro atoms. The van der Waals surface area contributed by atoms with Crippen LogP contribution in [0.25, 0.3) is 0 Å². The number of rotatable bonds is 4. The number of aromatic nitrogens is 4. The molecular formula is C12H14N4O2. The maximum absolute atomic E-state index is 11.4. The minimum absolute atomic E-state index is 0.303. The van der Waals surface area contributed by atoms with E-state index in [1.165, 1.54) is 0 Å². The fourth-order valence-electron chi connectivity index (χ4n) is 1.45. The van der Waals surface area contributed by atoms with Crippen LogP contribution in [0.5, 0.6) is 0 Å². The lowest BCUT2D eigenvalue weighted by molar-refractivity contribution is 0.0520. The van der Waals surface area contributed by atoms with E-state index < -0.39 is 5.97 Å². The second kappa shape index (κ2) is 5.39. The quantitative estimate of drug-likeness (QED) is 0.758. The second-order valence-corrected chi connectivity index (χ2v) is 3.80. The molecular weight excluding hydrogens is 232 g/mol. The molecule has 0 saturated carbocycles. The summed E-state index contributed by atoms with van der Waals surface area (Å²) in [5, 5.41) is 0. The molecule has 0 aliphatic heterocycles. The zero-order valence-electron chi connectivity index (χ0n) is 10.3. The van der Waals surface area contributed by atoms with Crippen LogP contribution in [0.2, 0.25) is 0 Å². The number of nitrogens with zero attached hydrogens (tertiary/aromatic N) is 4. The molecule has 0 aliphatic rings. The first-order valence-electron chi connectivity index (χ1n) is 5.65. The van der Waals surface area contributed by atoms with Gasteiger partial charge in [0.2, 0.25) is 0 Å². The molecule has 0 aliphatic carbocycles. The van der Waals surface area contributed by atoms with Crippen LogP contribution in [0.1, 0.15) is 28.8 Å². The summed E-state index contributed by atoms with van der Waals surface area (Å²) in [6, 6.07) is 0. The van der Waals surface area contributed by atoms with E-state index in [0.29, 0.717) is 18.8 Å². The highest BCUT2D eigenvalue weighted by Crippen LogP contribution is 2.02. The lowest BCUT2D eigenvalue weighted by Gasteiger charge is -2.01. The Morgan fingerprint density at radius 2 is 2.17 bits per heavy atom. The standard InChI is InChI=1S/C12H14N4O2/c1-3-18-12(17)11-7-16(8-15-11)6-10-5-13-9(2)4-14-10/h4-5,7-8H,3,6H2,1-2H3. The summed E-state index contributed by atoms with van der Waals surface area (Å²) >= 11 is 0. The van der Waals surface area contributed by atoms with Gasteiger partial charge in [0.05, 0.1) is 37.1 Å². The van der Waals surface area contributed by atoms with Gasteiger partial charge < -0.3 is 9.30 Å². The van der Waals surface area contributed by atoms with Crippen LogP contribution in [0.15, 0.2) is 24.9 Å². The van der Waals surface area contributed by atoms with Gasteiger partial charge in [0.15, 0.2) is 5.69 Å². The van der Waals surface area contributed by atoms with Crippen molar-refractivity contribution in [3.63, 3.8) is 0 Å². The molecule has 2 heterocycles. The van der Waals surface area contributed by atoms with Gasteiger partial charge in [-0.1, -0.05) is 0 Å². The van der Waals surface area contributed by atoms with Gasteiger partial charge in [0.25, 0.3) is 0 Å². The van der Waals surface area contributed by atoms with Crippen molar-refractivity contribution < 1.29 is 9.53 Å². The maximum Gasteiger partial charge on any atom is 0.358 e. The van der Waals surface area contributed by atoms with Crippen LogP contribution in [0.4, 0.5) is 0 Å². The monoisotopic (exact) mass is 246 g/mol. The van der Waals surface area contributed by atoms with Crippen LogP contribution in [-0.2, 0) is 11.3 Å². The Bertz CT molecular complexity index is 533. The average molecular weight is 246 g/mol. The molecule has 0 amide bonds. The molecule has 2 aromatic heterocycles. The summed E-state index contributed by atoms with van der Waals surface area (Å²) in [4.78, 5) is 23.8. The van der Waals surface area contributed by atoms with Crippen LogP contribution >= 0.6 is 0 Å². The molecule has 0 bridgehead atoms. The number of carbonyl (C=O) groups is 1. The molecule has 0 unspecified atom stereocenters. The Morgan fingerprint density at radius 3 is 2.83 bits per heavy atom. The first-order chi connectivity index (χ1) is 8.69. The van der Waals surface area contributed by atoms with E-state index in [9.17, 15) is 4.79 Å². The highest BCUT2D eigenvalue weighted by molar-refractivity contribution is 5.86. The number of aryl methyl sites for hydroxylation is 1. The molecule has 6 nitrogen and oxygen atoms in total. The minimum Gasteiger partial charge on any atom is -0.461 e. The number of esters is 1. The molecule has 0 saturated heterocycles. The van der Waals surface area contributed by atoms with Crippen LogP contribution < -0.4 is 0 Å². The van der Waals surface area contributed by atoms with Gasteiger partial charge in [-0.2, -0.15) is 0 Å². The molecule has 6 heteroatoms. The van der Waals surface area contributed by atoms with E-state index >= 15 is 0 Å². The van der Waals surface area contributed by atoms with Gasteiger partial charge >= 0.3 is 5.97 Å². The molecule has 0 aromatic carbocycles. The largest absolute Gasteiger partial charge is 0.461 e. The maximum atomic E-state index is 11.4. The average Bonchev–Trinajstić information content (AvgIpc) is 2.81. The highest BCUT2D eigenvalue weighted by Gasteiger charge is 2.10. The van der Waals surface area contributed by atoms with Crippen molar-refractivity contribution in [3.8, 4) is 0 Å². The Labute approximate surface area is 105 Å². The van der Waals surface area contributed by atoms with E-state index in [1.807, 2.05) is 6.92 Å². The Hall–Kier alpha value is -2.24. The summed E-state index contributed by atoms with van der Waals surface area (Å²) in [5.74, 6) is -0.411. The van der Waals surface area contributed by atoms with Gasteiger partial charge in [0, 0.05) is 12.4 Å². The van der Waals surface area contributed by atoms with Gasteiger partial charge in [-0.3, -0.25) is 9.97 Å². The molecule has 0 fully saturated rings. The molecule has 2 aromatic rings. The predicted molar refractivity (Wildman–Crippen MR) is 64.1 cm³/mol. The normalized spacial score (nSPS) is 10.3. The molecule has 0 N–H and O–H groups in total. The summed E-state index contributed by atoms with van der Waals surface area (Å²) in [7, 11) is 0. The molecule has 94 valence electrons. The molecule has 0 atom stereocenters. The van der Waals surface area contributed by atoms with E-state index in [0.717, 1.165) is 11.4 Å². The first kappa shape index (κ1) is 12.2. The van der Waals surface area contributed by atoms with Crippen molar-refractivity contribution in [2.75, 3.05) is 6.61 Å². The summed E-state index contributed by atoms with van der Waals surface area (Å²) in [6.45, 7) is 4.51. The first-order valence-corrected chi connectivity index (χ1v) is 5.65. The van der Waals surface area contributed by atoms with Crippen molar-refractivity contribution >= 4 is 5.97 Å². The Balaban J connectivity index is 2.06. The van der Waals surface area contributed by atoms with E-state index in [2.05, 4.69) is 15.0 Å². The zero-order valence-corrected chi connectivity index (χ0v) is 10.3. The van der Waals surface area contributed by atoms with Crippen LogP contribution in [0, 0.1) is 6.92 Å². The van der Waals surface area contributed by atoms with Crippen molar-refractivity contribution in [1.82, 2.24) is 19.5 Å². The van der Waals surface area contributed by atoms with Gasteiger partial charge in [-0.05, 0) is 13.8 Å². The van der Waals surface area contributed by atoms with Crippen molar-refractivity contribution in [2.45, 2.75) is 20.4 Å². The van der Waals surface area contributed by atoms with Crippen molar-refractivity contribution in [2.24, 2.45) is 0 Å². The Kier molecular flexibility index (Phi) is 3.66. The van der Waals surface area contributed by atoms with Crippen LogP contribution in [-0.4, -0.2) is 32.1 Å². The number of hydrogen-bond acceptors (Lipinski definition) is 5. The summed E-state index contributed by atoms with van der Waals surface area (Å²) in [5.41, 5.74) is 1.99. The molecule has 18 heavy (non-hydrogen) atoms. The third kappa shape index (κ3) is 2.91. The fourth-order valence-corrected chi connectivity index (χ4v) is 1.45. The van der Waals surface area contributed by atoms with E-state index in [1.54, 1.807) is 36.4 Å². The van der Waals surface area contributed by atoms with Gasteiger partial charge in [-0.15, -0.1) is 0 Å². The number of hydrogen-bond donors (Lipinski definition) is 0. The summed E-state index contributed by atoms with van der Waals surface area (Å²) in [6.07, 6.45) is 6.63. The minimum atomic E-state index is -0.411. The molecule has 0 radical (unpaired) electrons. The zero-order chi connectivity index (χ0) is 13.0. The van der Waals surface area contributed by atoms with Gasteiger partial charge in [-0.25, -0.2) is 9.78 Å². The van der Waals surface area contributed by atoms with E-state index in [-0.39, 0.29) is 0 Å². The number of imidazole rings is 1. The third-order valence-electron chi connectivity index (χ3n) is 2.30. The number of ether oxygens (including phenoxy) is 1. The van der Waals surface area contributed by atoms with Crippen LogP contribution in [0.3, 0.4) is 0 Å². The molecule has 2 rings (SSSR count). The van der Waals surface area contributed by atoms with Crippen molar-refractivity contribution in [1.29, 1.82) is 0 Å². The number of carbonyl (C=O) groups excluding carboxylic acids is 1. The summed E-state index contributed by atoms with van der Waals surface area (Å²) < 4.78 is 6.63. The topological polar surface area (TPSA) is 69.9 Å². The smallest absolute Gasteiger partial charge is 0.358 e. The second-order valence-electron chi connectivity index (χ2n) is 3.80. The Morgan fingerprint density at radius 1 is 1.33 bits per heavy atom. The lowest BCUT2D eigenvalue weighted by Crippen LogP contribution is -2.05. The lowest BCUT2D eigenvalue weighted by atomic mass is 10.4. The predicted octanol–water partition coefficient (Wildman–Crippen LogP) is 1.21. The van der Waals surface area contributed by atoms with E-state index in [4.69, 9.17) is 4.74 Å².